The number of carbonyl (C=O) groups is 3. The molecular formula is C21H24N4O5. The van der Waals surface area contributed by atoms with E-state index >= 15 is 0 Å². The summed E-state index contributed by atoms with van der Waals surface area (Å²) < 4.78 is 10.7. The van der Waals surface area contributed by atoms with Crippen molar-refractivity contribution in [2.75, 3.05) is 29.1 Å². The summed E-state index contributed by atoms with van der Waals surface area (Å²) in [4.78, 5) is 42.7. The molecule has 0 bridgehead atoms. The summed E-state index contributed by atoms with van der Waals surface area (Å²) in [7, 11) is 0. The maximum Gasteiger partial charge on any atom is 0.338 e. The number of rotatable bonds is 6. The highest BCUT2D eigenvalue weighted by molar-refractivity contribution is 6.05. The fraction of sp³-hybridized carbons (Fsp3) is 0.333. The smallest absolute Gasteiger partial charge is 0.338 e. The molecule has 2 heterocycles. The van der Waals surface area contributed by atoms with E-state index in [1.165, 1.54) is 4.90 Å². The van der Waals surface area contributed by atoms with Crippen LogP contribution in [0.4, 0.5) is 17.3 Å². The van der Waals surface area contributed by atoms with Crippen molar-refractivity contribution in [1.29, 1.82) is 0 Å². The molecule has 1 aliphatic rings. The summed E-state index contributed by atoms with van der Waals surface area (Å²) in [6, 6.07) is 9.51. The molecule has 1 aromatic carbocycles. The summed E-state index contributed by atoms with van der Waals surface area (Å²) >= 11 is 0. The largest absolute Gasteiger partial charge is 0.476 e. The lowest BCUT2D eigenvalue weighted by molar-refractivity contribution is -0.129. The number of pyridine rings is 1. The van der Waals surface area contributed by atoms with Crippen LogP contribution in [0, 0.1) is 5.92 Å². The molecule has 1 aromatic heterocycles. The topological polar surface area (TPSA) is 124 Å². The van der Waals surface area contributed by atoms with E-state index in [9.17, 15) is 14.4 Å². The molecule has 2 amide bonds. The Morgan fingerprint density at radius 3 is 2.57 bits per heavy atom. The number of aromatic nitrogens is 1. The maximum absolute atomic E-state index is 12.9. The number of fused-ring (bicyclic) bond motifs is 1. The Balaban J connectivity index is 1.76. The average Bonchev–Trinajstić information content (AvgIpc) is 2.70. The Bertz CT molecular complexity index is 958. The molecule has 30 heavy (non-hydrogen) atoms. The number of hydrogen-bond acceptors (Lipinski definition) is 7. The van der Waals surface area contributed by atoms with Crippen LogP contribution in [0.25, 0.3) is 0 Å². The molecule has 0 radical (unpaired) electrons. The highest BCUT2D eigenvalue weighted by Crippen LogP contribution is 2.34. The first-order valence-electron chi connectivity index (χ1n) is 9.61. The predicted molar refractivity (Wildman–Crippen MR) is 111 cm³/mol. The highest BCUT2D eigenvalue weighted by Gasteiger charge is 2.38. The lowest BCUT2D eigenvalue weighted by Gasteiger charge is -2.34. The van der Waals surface area contributed by atoms with Crippen LogP contribution in [0.15, 0.2) is 36.4 Å². The van der Waals surface area contributed by atoms with Crippen molar-refractivity contribution in [2.45, 2.75) is 26.9 Å². The molecule has 3 N–H and O–H groups in total. The number of anilines is 3. The van der Waals surface area contributed by atoms with Gasteiger partial charge < -0.3 is 20.5 Å². The van der Waals surface area contributed by atoms with Gasteiger partial charge in [0.25, 0.3) is 5.91 Å². The van der Waals surface area contributed by atoms with Crippen molar-refractivity contribution in [1.82, 2.24) is 4.98 Å². The zero-order chi connectivity index (χ0) is 21.8. The SMILES string of the molecule is CCOC(=O)c1ccc(NC(=O)CN2C(=O)C(C(C)C)Oc3ccc(N)nc32)cc1. The van der Waals surface area contributed by atoms with Crippen LogP contribution in [-0.4, -0.2) is 42.0 Å². The van der Waals surface area contributed by atoms with Crippen molar-refractivity contribution in [3.63, 3.8) is 0 Å². The summed E-state index contributed by atoms with van der Waals surface area (Å²) in [5, 5.41) is 2.71. The van der Waals surface area contributed by atoms with Crippen LogP contribution in [-0.2, 0) is 14.3 Å². The number of amides is 2. The molecule has 0 aliphatic carbocycles. The number of esters is 1. The molecule has 2 aromatic rings. The Labute approximate surface area is 174 Å². The van der Waals surface area contributed by atoms with E-state index in [4.69, 9.17) is 15.2 Å². The molecule has 0 spiro atoms. The summed E-state index contributed by atoms with van der Waals surface area (Å²) in [6.45, 7) is 5.48. The van der Waals surface area contributed by atoms with Crippen molar-refractivity contribution in [3.8, 4) is 5.75 Å². The highest BCUT2D eigenvalue weighted by atomic mass is 16.5. The fourth-order valence-corrected chi connectivity index (χ4v) is 3.00. The first-order chi connectivity index (χ1) is 14.3. The predicted octanol–water partition coefficient (Wildman–Crippen LogP) is 2.23. The van der Waals surface area contributed by atoms with Gasteiger partial charge in [0, 0.05) is 5.69 Å². The van der Waals surface area contributed by atoms with Crippen molar-refractivity contribution >= 4 is 35.1 Å². The number of nitrogen functional groups attached to an aromatic ring is 1. The van der Waals surface area contributed by atoms with Crippen molar-refractivity contribution in [2.24, 2.45) is 5.92 Å². The lowest BCUT2D eigenvalue weighted by Crippen LogP contribution is -2.51. The molecule has 0 saturated carbocycles. The summed E-state index contributed by atoms with van der Waals surface area (Å²) in [5.74, 6) is -0.486. The molecule has 1 unspecified atom stereocenters. The average molecular weight is 412 g/mol. The third-order valence-electron chi connectivity index (χ3n) is 4.47. The lowest BCUT2D eigenvalue weighted by atomic mass is 10.0. The van der Waals surface area contributed by atoms with Gasteiger partial charge in [-0.1, -0.05) is 13.8 Å². The zero-order valence-corrected chi connectivity index (χ0v) is 17.0. The molecule has 1 atom stereocenters. The molecule has 3 rings (SSSR count). The van der Waals surface area contributed by atoms with E-state index in [1.54, 1.807) is 43.3 Å². The van der Waals surface area contributed by atoms with Gasteiger partial charge in [0.05, 0.1) is 12.2 Å². The Hall–Kier alpha value is -3.62. The normalized spacial score (nSPS) is 15.4. The molecule has 0 saturated heterocycles. The second-order valence-corrected chi connectivity index (χ2v) is 7.11. The summed E-state index contributed by atoms with van der Waals surface area (Å²) in [5.41, 5.74) is 6.62. The Kier molecular flexibility index (Phi) is 6.20. The number of nitrogens with one attached hydrogen (secondary N) is 1. The molecule has 1 aliphatic heterocycles. The first-order valence-corrected chi connectivity index (χ1v) is 9.61. The number of nitrogens with zero attached hydrogens (tertiary/aromatic N) is 2. The fourth-order valence-electron chi connectivity index (χ4n) is 3.00. The minimum atomic E-state index is -0.723. The van der Waals surface area contributed by atoms with Gasteiger partial charge >= 0.3 is 5.97 Å². The van der Waals surface area contributed by atoms with Crippen LogP contribution in [0.3, 0.4) is 0 Å². The number of nitrogens with two attached hydrogens (primary N) is 1. The van der Waals surface area contributed by atoms with Crippen LogP contribution in [0.5, 0.6) is 5.75 Å². The monoisotopic (exact) mass is 412 g/mol. The number of ether oxygens (including phenoxy) is 2. The van der Waals surface area contributed by atoms with Crippen molar-refractivity contribution < 1.29 is 23.9 Å². The van der Waals surface area contributed by atoms with Crippen LogP contribution < -0.4 is 20.7 Å². The third-order valence-corrected chi connectivity index (χ3v) is 4.47. The van der Waals surface area contributed by atoms with Gasteiger partial charge in [-0.15, -0.1) is 0 Å². The number of hydrogen-bond donors (Lipinski definition) is 2. The minimum absolute atomic E-state index is 0.0933. The van der Waals surface area contributed by atoms with E-state index < -0.39 is 18.0 Å². The van der Waals surface area contributed by atoms with Crippen LogP contribution in [0.2, 0.25) is 0 Å². The third kappa shape index (κ3) is 4.51. The first kappa shape index (κ1) is 21.1. The quantitative estimate of drug-likeness (QED) is 0.697. The molecule has 158 valence electrons. The van der Waals surface area contributed by atoms with E-state index in [1.807, 2.05) is 13.8 Å². The number of carbonyl (C=O) groups excluding carboxylic acids is 3. The molecule has 9 heteroatoms. The molecule has 0 fully saturated rings. The van der Waals surface area contributed by atoms with Gasteiger partial charge in [0.15, 0.2) is 17.7 Å². The second kappa shape index (κ2) is 8.81. The van der Waals surface area contributed by atoms with Crippen molar-refractivity contribution in [3.05, 3.63) is 42.0 Å². The van der Waals surface area contributed by atoms with Gasteiger partial charge in [-0.05, 0) is 49.2 Å². The van der Waals surface area contributed by atoms with E-state index in [0.717, 1.165) is 0 Å². The zero-order valence-electron chi connectivity index (χ0n) is 17.0. The van der Waals surface area contributed by atoms with Gasteiger partial charge in [-0.2, -0.15) is 0 Å². The molecule has 9 nitrogen and oxygen atoms in total. The standard InChI is InChI=1S/C21H24N4O5/c1-4-29-21(28)13-5-7-14(8-6-13)23-17(26)11-25-19-15(9-10-16(22)24-19)30-18(12(2)3)20(25)27/h5-10,12,18H,4,11H2,1-3H3,(H2,22,24)(H,23,26). The second-order valence-electron chi connectivity index (χ2n) is 7.11. The van der Waals surface area contributed by atoms with Crippen LogP contribution >= 0.6 is 0 Å². The Morgan fingerprint density at radius 2 is 1.93 bits per heavy atom. The van der Waals surface area contributed by atoms with Gasteiger partial charge in [0.2, 0.25) is 5.91 Å². The maximum atomic E-state index is 12.9. The minimum Gasteiger partial charge on any atom is -0.476 e. The molecular weight excluding hydrogens is 388 g/mol. The van der Waals surface area contributed by atoms with E-state index in [-0.39, 0.29) is 36.6 Å². The Morgan fingerprint density at radius 1 is 1.23 bits per heavy atom. The van der Waals surface area contributed by atoms with Gasteiger partial charge in [-0.25, -0.2) is 9.78 Å². The number of benzene rings is 1. The van der Waals surface area contributed by atoms with Crippen LogP contribution in [0.1, 0.15) is 31.1 Å². The van der Waals surface area contributed by atoms with E-state index in [2.05, 4.69) is 10.3 Å². The van der Waals surface area contributed by atoms with Gasteiger partial charge in [0.1, 0.15) is 12.4 Å². The summed E-state index contributed by atoms with van der Waals surface area (Å²) in [6.07, 6.45) is -0.723. The van der Waals surface area contributed by atoms with E-state index in [0.29, 0.717) is 17.0 Å². The van der Waals surface area contributed by atoms with Gasteiger partial charge in [-0.3, -0.25) is 14.5 Å².